The van der Waals surface area contributed by atoms with Gasteiger partial charge in [-0.05, 0) is 25.8 Å². The lowest BCUT2D eigenvalue weighted by atomic mass is 9.99. The monoisotopic (exact) mass is 212 g/mol. The maximum atomic E-state index is 11.7. The van der Waals surface area contributed by atoms with Gasteiger partial charge in [0, 0.05) is 13.1 Å². The fourth-order valence-electron chi connectivity index (χ4n) is 1.98. The van der Waals surface area contributed by atoms with Crippen molar-refractivity contribution >= 4 is 5.91 Å². The first kappa shape index (κ1) is 12.5. The van der Waals surface area contributed by atoms with Crippen LogP contribution in [0.2, 0.25) is 0 Å². The Labute approximate surface area is 93.0 Å². The molecule has 3 heteroatoms. The highest BCUT2D eigenvalue weighted by Gasteiger charge is 2.19. The smallest absolute Gasteiger partial charge is 0.224 e. The van der Waals surface area contributed by atoms with Crippen LogP contribution < -0.4 is 10.6 Å². The van der Waals surface area contributed by atoms with Crippen LogP contribution in [0.1, 0.15) is 45.4 Å². The highest BCUT2D eigenvalue weighted by atomic mass is 16.1. The van der Waals surface area contributed by atoms with Gasteiger partial charge in [0.1, 0.15) is 0 Å². The SMILES string of the molecule is CCCCCCNC(=O)[C@@H]1CCCNC1. The van der Waals surface area contributed by atoms with Crippen molar-refractivity contribution < 1.29 is 4.79 Å². The molecule has 1 heterocycles. The average Bonchev–Trinajstić information content (AvgIpc) is 2.30. The second-order valence-corrected chi connectivity index (χ2v) is 4.39. The lowest BCUT2D eigenvalue weighted by Gasteiger charge is -2.21. The minimum atomic E-state index is 0.213. The van der Waals surface area contributed by atoms with E-state index in [1.807, 2.05) is 0 Å². The summed E-state index contributed by atoms with van der Waals surface area (Å²) in [4.78, 5) is 11.7. The van der Waals surface area contributed by atoms with E-state index in [-0.39, 0.29) is 11.8 Å². The molecule has 0 aromatic carbocycles. The normalized spacial score (nSPS) is 21.3. The van der Waals surface area contributed by atoms with Gasteiger partial charge >= 0.3 is 0 Å². The molecule has 1 aliphatic rings. The van der Waals surface area contributed by atoms with Crippen LogP contribution in [-0.2, 0) is 4.79 Å². The maximum Gasteiger partial charge on any atom is 0.224 e. The molecular formula is C12H24N2O. The van der Waals surface area contributed by atoms with E-state index in [4.69, 9.17) is 0 Å². The Morgan fingerprint density at radius 1 is 1.40 bits per heavy atom. The van der Waals surface area contributed by atoms with Crippen molar-refractivity contribution in [2.24, 2.45) is 5.92 Å². The van der Waals surface area contributed by atoms with Crippen LogP contribution >= 0.6 is 0 Å². The molecule has 15 heavy (non-hydrogen) atoms. The molecule has 0 unspecified atom stereocenters. The molecule has 0 radical (unpaired) electrons. The van der Waals surface area contributed by atoms with Gasteiger partial charge in [-0.3, -0.25) is 4.79 Å². The second kappa shape index (κ2) is 7.69. The van der Waals surface area contributed by atoms with Gasteiger partial charge in [0.05, 0.1) is 5.92 Å². The van der Waals surface area contributed by atoms with E-state index in [1.54, 1.807) is 0 Å². The average molecular weight is 212 g/mol. The molecule has 0 spiro atoms. The summed E-state index contributed by atoms with van der Waals surface area (Å²) in [5.74, 6) is 0.462. The number of unbranched alkanes of at least 4 members (excludes halogenated alkanes) is 3. The van der Waals surface area contributed by atoms with Gasteiger partial charge in [-0.25, -0.2) is 0 Å². The largest absolute Gasteiger partial charge is 0.356 e. The van der Waals surface area contributed by atoms with Gasteiger partial charge in [0.25, 0.3) is 0 Å². The zero-order valence-electron chi connectivity index (χ0n) is 9.85. The predicted octanol–water partition coefficient (Wildman–Crippen LogP) is 1.68. The summed E-state index contributed by atoms with van der Waals surface area (Å²) < 4.78 is 0. The van der Waals surface area contributed by atoms with Crippen molar-refractivity contribution in [2.45, 2.75) is 45.4 Å². The molecule has 2 N–H and O–H groups in total. The number of piperidine rings is 1. The Morgan fingerprint density at radius 3 is 2.93 bits per heavy atom. The minimum Gasteiger partial charge on any atom is -0.356 e. The molecule has 0 saturated carbocycles. The van der Waals surface area contributed by atoms with E-state index in [1.165, 1.54) is 19.3 Å². The van der Waals surface area contributed by atoms with Gasteiger partial charge in [-0.1, -0.05) is 26.2 Å². The Morgan fingerprint density at radius 2 is 2.27 bits per heavy atom. The van der Waals surface area contributed by atoms with Crippen molar-refractivity contribution in [3.05, 3.63) is 0 Å². The van der Waals surface area contributed by atoms with Gasteiger partial charge in [0.15, 0.2) is 0 Å². The molecule has 1 amide bonds. The number of carbonyl (C=O) groups is 1. The molecule has 1 rings (SSSR count). The van der Waals surface area contributed by atoms with Gasteiger partial charge in [0.2, 0.25) is 5.91 Å². The van der Waals surface area contributed by atoms with Gasteiger partial charge in [-0.15, -0.1) is 0 Å². The fraction of sp³-hybridized carbons (Fsp3) is 0.917. The van der Waals surface area contributed by atoms with Gasteiger partial charge in [-0.2, -0.15) is 0 Å². The van der Waals surface area contributed by atoms with E-state index in [9.17, 15) is 4.79 Å². The summed E-state index contributed by atoms with van der Waals surface area (Å²) in [5, 5.41) is 6.30. The zero-order valence-corrected chi connectivity index (χ0v) is 9.85. The molecular weight excluding hydrogens is 188 g/mol. The van der Waals surface area contributed by atoms with E-state index in [0.717, 1.165) is 38.9 Å². The van der Waals surface area contributed by atoms with Crippen LogP contribution in [0.5, 0.6) is 0 Å². The van der Waals surface area contributed by atoms with E-state index >= 15 is 0 Å². The van der Waals surface area contributed by atoms with Crippen LogP contribution in [0.4, 0.5) is 0 Å². The fourth-order valence-corrected chi connectivity index (χ4v) is 1.98. The van der Waals surface area contributed by atoms with Gasteiger partial charge < -0.3 is 10.6 Å². The molecule has 1 aliphatic heterocycles. The number of hydrogen-bond acceptors (Lipinski definition) is 2. The van der Waals surface area contributed by atoms with Crippen LogP contribution in [0.3, 0.4) is 0 Å². The third-order valence-corrected chi connectivity index (χ3v) is 3.00. The minimum absolute atomic E-state index is 0.213. The molecule has 1 saturated heterocycles. The first-order valence-corrected chi connectivity index (χ1v) is 6.33. The van der Waals surface area contributed by atoms with Crippen LogP contribution in [0.15, 0.2) is 0 Å². The highest BCUT2D eigenvalue weighted by Crippen LogP contribution is 2.09. The summed E-state index contributed by atoms with van der Waals surface area (Å²) in [6.45, 7) is 4.99. The summed E-state index contributed by atoms with van der Waals surface area (Å²) in [6.07, 6.45) is 7.07. The van der Waals surface area contributed by atoms with E-state index in [0.29, 0.717) is 0 Å². The summed E-state index contributed by atoms with van der Waals surface area (Å²) in [6, 6.07) is 0. The first-order valence-electron chi connectivity index (χ1n) is 6.33. The molecule has 1 fully saturated rings. The quantitative estimate of drug-likeness (QED) is 0.658. The van der Waals surface area contributed by atoms with Crippen molar-refractivity contribution in [3.8, 4) is 0 Å². The molecule has 1 atom stereocenters. The van der Waals surface area contributed by atoms with Crippen molar-refractivity contribution in [1.29, 1.82) is 0 Å². The standard InChI is InChI=1S/C12H24N2O/c1-2-3-4-5-9-14-12(15)11-7-6-8-13-10-11/h11,13H,2-10H2,1H3,(H,14,15)/t11-/m1/s1. The predicted molar refractivity (Wildman–Crippen MR) is 62.7 cm³/mol. The van der Waals surface area contributed by atoms with Crippen LogP contribution in [-0.4, -0.2) is 25.5 Å². The second-order valence-electron chi connectivity index (χ2n) is 4.39. The summed E-state index contributed by atoms with van der Waals surface area (Å²) >= 11 is 0. The number of hydrogen-bond donors (Lipinski definition) is 2. The van der Waals surface area contributed by atoms with Crippen LogP contribution in [0.25, 0.3) is 0 Å². The lowest BCUT2D eigenvalue weighted by Crippen LogP contribution is -2.40. The highest BCUT2D eigenvalue weighted by molar-refractivity contribution is 5.78. The molecule has 0 bridgehead atoms. The lowest BCUT2D eigenvalue weighted by molar-refractivity contribution is -0.125. The van der Waals surface area contributed by atoms with Crippen molar-refractivity contribution in [3.63, 3.8) is 0 Å². The Bertz CT molecular complexity index is 176. The Kier molecular flexibility index (Phi) is 6.41. The number of nitrogens with one attached hydrogen (secondary N) is 2. The number of carbonyl (C=O) groups excluding carboxylic acids is 1. The third kappa shape index (κ3) is 5.17. The zero-order chi connectivity index (χ0) is 10.9. The molecule has 88 valence electrons. The Balaban J connectivity index is 2.02. The molecule has 0 aromatic rings. The van der Waals surface area contributed by atoms with Crippen molar-refractivity contribution in [1.82, 2.24) is 10.6 Å². The number of rotatable bonds is 6. The maximum absolute atomic E-state index is 11.7. The van der Waals surface area contributed by atoms with Crippen LogP contribution in [0, 0.1) is 5.92 Å². The molecule has 0 aromatic heterocycles. The van der Waals surface area contributed by atoms with E-state index < -0.39 is 0 Å². The summed E-state index contributed by atoms with van der Waals surface area (Å²) in [5.41, 5.74) is 0. The van der Waals surface area contributed by atoms with Crippen molar-refractivity contribution in [2.75, 3.05) is 19.6 Å². The molecule has 3 nitrogen and oxygen atoms in total. The number of amides is 1. The van der Waals surface area contributed by atoms with E-state index in [2.05, 4.69) is 17.6 Å². The summed E-state index contributed by atoms with van der Waals surface area (Å²) in [7, 11) is 0. The molecule has 0 aliphatic carbocycles. The third-order valence-electron chi connectivity index (χ3n) is 3.00. The Hall–Kier alpha value is -0.570. The topological polar surface area (TPSA) is 41.1 Å². The first-order chi connectivity index (χ1) is 7.34.